The SMILES string of the molecule is Cc1ccc(CN(C)c2snc(N)c2S(C)(=O)=O)cc1. The first kappa shape index (κ1) is 14.8. The molecule has 1 heterocycles. The van der Waals surface area contributed by atoms with Gasteiger partial charge in [0.1, 0.15) is 9.90 Å². The van der Waals surface area contributed by atoms with E-state index in [0.717, 1.165) is 23.4 Å². The highest BCUT2D eigenvalue weighted by atomic mass is 32.2. The molecule has 0 aliphatic heterocycles. The predicted octanol–water partition coefficient (Wildman–Crippen LogP) is 2.07. The van der Waals surface area contributed by atoms with Gasteiger partial charge in [-0.2, -0.15) is 4.37 Å². The molecule has 108 valence electrons. The lowest BCUT2D eigenvalue weighted by Gasteiger charge is -2.18. The lowest BCUT2D eigenvalue weighted by molar-refractivity contribution is 0.602. The van der Waals surface area contributed by atoms with E-state index >= 15 is 0 Å². The molecule has 0 aliphatic rings. The van der Waals surface area contributed by atoms with Crippen LogP contribution in [0.3, 0.4) is 0 Å². The molecule has 0 amide bonds. The minimum atomic E-state index is -3.38. The molecule has 0 aliphatic carbocycles. The Kier molecular flexibility index (Phi) is 4.01. The second-order valence-corrected chi connectivity index (χ2v) is 7.52. The van der Waals surface area contributed by atoms with Crippen LogP contribution in [0.5, 0.6) is 0 Å². The van der Waals surface area contributed by atoms with Gasteiger partial charge in [-0.25, -0.2) is 8.42 Å². The number of sulfone groups is 1. The maximum absolute atomic E-state index is 11.8. The van der Waals surface area contributed by atoms with E-state index in [1.807, 2.05) is 43.1 Å². The number of benzene rings is 1. The van der Waals surface area contributed by atoms with Crippen LogP contribution in [0.2, 0.25) is 0 Å². The fourth-order valence-electron chi connectivity index (χ4n) is 1.92. The van der Waals surface area contributed by atoms with Crippen LogP contribution in [0.1, 0.15) is 11.1 Å². The molecule has 0 radical (unpaired) electrons. The number of nitrogens with two attached hydrogens (primary N) is 1. The minimum absolute atomic E-state index is 0.0725. The van der Waals surface area contributed by atoms with Crippen LogP contribution in [0.4, 0.5) is 10.8 Å². The molecule has 1 aromatic heterocycles. The van der Waals surface area contributed by atoms with Crippen molar-refractivity contribution in [2.24, 2.45) is 0 Å². The Morgan fingerprint density at radius 3 is 2.45 bits per heavy atom. The van der Waals surface area contributed by atoms with Crippen LogP contribution in [0, 0.1) is 6.92 Å². The topological polar surface area (TPSA) is 76.3 Å². The zero-order valence-corrected chi connectivity index (χ0v) is 13.3. The van der Waals surface area contributed by atoms with E-state index in [-0.39, 0.29) is 10.7 Å². The van der Waals surface area contributed by atoms with Gasteiger partial charge in [0.25, 0.3) is 0 Å². The van der Waals surface area contributed by atoms with E-state index in [1.54, 1.807) is 0 Å². The third-order valence-corrected chi connectivity index (χ3v) is 5.17. The first-order valence-corrected chi connectivity index (χ1v) is 8.67. The van der Waals surface area contributed by atoms with Gasteiger partial charge >= 0.3 is 0 Å². The fraction of sp³-hybridized carbons (Fsp3) is 0.308. The summed E-state index contributed by atoms with van der Waals surface area (Å²) in [4.78, 5) is 1.98. The van der Waals surface area contributed by atoms with Crippen LogP contribution in [-0.4, -0.2) is 26.1 Å². The van der Waals surface area contributed by atoms with Crippen LogP contribution >= 0.6 is 11.5 Å². The molecule has 5 nitrogen and oxygen atoms in total. The average Bonchev–Trinajstić information content (AvgIpc) is 2.74. The normalized spacial score (nSPS) is 11.6. The van der Waals surface area contributed by atoms with Crippen LogP contribution in [0.25, 0.3) is 0 Å². The summed E-state index contributed by atoms with van der Waals surface area (Å²) < 4.78 is 27.6. The maximum atomic E-state index is 11.8. The number of rotatable bonds is 4. The molecule has 0 fully saturated rings. The van der Waals surface area contributed by atoms with Crippen molar-refractivity contribution in [1.82, 2.24) is 4.37 Å². The minimum Gasteiger partial charge on any atom is -0.382 e. The molecule has 7 heteroatoms. The molecule has 0 saturated carbocycles. The Labute approximate surface area is 123 Å². The van der Waals surface area contributed by atoms with E-state index in [0.29, 0.717) is 11.5 Å². The molecule has 2 aromatic rings. The van der Waals surface area contributed by atoms with Crippen LogP contribution in [0.15, 0.2) is 29.2 Å². The van der Waals surface area contributed by atoms with Crippen molar-refractivity contribution >= 4 is 32.2 Å². The molecule has 0 bridgehead atoms. The summed E-state index contributed by atoms with van der Waals surface area (Å²) in [5, 5.41) is 0.575. The summed E-state index contributed by atoms with van der Waals surface area (Å²) in [7, 11) is -1.55. The van der Waals surface area contributed by atoms with Gasteiger partial charge in [0.15, 0.2) is 15.7 Å². The summed E-state index contributed by atoms with van der Waals surface area (Å²) in [5.41, 5.74) is 7.96. The lowest BCUT2D eigenvalue weighted by atomic mass is 10.1. The molecule has 2 N–H and O–H groups in total. The van der Waals surface area contributed by atoms with Gasteiger partial charge < -0.3 is 10.6 Å². The van der Waals surface area contributed by atoms with Gasteiger partial charge in [0.05, 0.1) is 0 Å². The van der Waals surface area contributed by atoms with E-state index in [9.17, 15) is 8.42 Å². The molecule has 2 rings (SSSR count). The second-order valence-electron chi connectivity index (χ2n) is 4.82. The molecular weight excluding hydrogens is 294 g/mol. The summed E-state index contributed by atoms with van der Waals surface area (Å²) >= 11 is 1.11. The summed E-state index contributed by atoms with van der Waals surface area (Å²) in [6, 6.07) is 8.11. The number of aromatic nitrogens is 1. The third-order valence-electron chi connectivity index (χ3n) is 2.92. The number of anilines is 2. The monoisotopic (exact) mass is 311 g/mol. The quantitative estimate of drug-likeness (QED) is 0.935. The zero-order valence-electron chi connectivity index (χ0n) is 11.6. The number of aryl methyl sites for hydroxylation is 1. The van der Waals surface area contributed by atoms with Gasteiger partial charge in [-0.1, -0.05) is 29.8 Å². The molecule has 20 heavy (non-hydrogen) atoms. The predicted molar refractivity (Wildman–Crippen MR) is 82.9 cm³/mol. The van der Waals surface area contributed by atoms with Crippen molar-refractivity contribution in [3.05, 3.63) is 35.4 Å². The second kappa shape index (κ2) is 5.41. The van der Waals surface area contributed by atoms with Crippen molar-refractivity contribution in [3.8, 4) is 0 Å². The highest BCUT2D eigenvalue weighted by molar-refractivity contribution is 7.91. The average molecular weight is 311 g/mol. The lowest BCUT2D eigenvalue weighted by Crippen LogP contribution is -2.17. The van der Waals surface area contributed by atoms with E-state index < -0.39 is 9.84 Å². The number of hydrogen-bond donors (Lipinski definition) is 1. The van der Waals surface area contributed by atoms with E-state index in [1.165, 1.54) is 5.56 Å². The Hall–Kier alpha value is -1.60. The number of hydrogen-bond acceptors (Lipinski definition) is 6. The Balaban J connectivity index is 2.30. The van der Waals surface area contributed by atoms with Gasteiger partial charge in [-0.05, 0) is 24.0 Å². The van der Waals surface area contributed by atoms with Gasteiger partial charge in [0, 0.05) is 19.8 Å². The molecular formula is C13H17N3O2S2. The molecule has 0 spiro atoms. The smallest absolute Gasteiger partial charge is 0.182 e. The first-order chi connectivity index (χ1) is 9.29. The van der Waals surface area contributed by atoms with Crippen molar-refractivity contribution in [3.63, 3.8) is 0 Å². The number of nitrogens with zero attached hydrogens (tertiary/aromatic N) is 2. The van der Waals surface area contributed by atoms with E-state index in [4.69, 9.17) is 5.73 Å². The van der Waals surface area contributed by atoms with E-state index in [2.05, 4.69) is 4.37 Å². The zero-order chi connectivity index (χ0) is 14.9. The summed E-state index contributed by atoms with van der Waals surface area (Å²) in [6.45, 7) is 2.63. The van der Waals surface area contributed by atoms with Crippen molar-refractivity contribution < 1.29 is 8.42 Å². The van der Waals surface area contributed by atoms with Crippen molar-refractivity contribution in [1.29, 1.82) is 0 Å². The van der Waals surface area contributed by atoms with Gasteiger partial charge in [0.2, 0.25) is 0 Å². The molecule has 1 aromatic carbocycles. The largest absolute Gasteiger partial charge is 0.382 e. The van der Waals surface area contributed by atoms with Crippen LogP contribution < -0.4 is 10.6 Å². The molecule has 0 atom stereocenters. The standard InChI is InChI=1S/C13H17N3O2S2/c1-9-4-6-10(7-5-9)8-16(2)13-11(20(3,17)18)12(14)15-19-13/h4-7H,8H2,1-3H3,(H2,14,15). The Bertz CT molecular complexity index is 706. The first-order valence-electron chi connectivity index (χ1n) is 6.01. The van der Waals surface area contributed by atoms with Crippen LogP contribution in [-0.2, 0) is 16.4 Å². The fourth-order valence-corrected chi connectivity index (χ4v) is 4.11. The maximum Gasteiger partial charge on any atom is 0.182 e. The molecule has 0 saturated heterocycles. The third kappa shape index (κ3) is 3.10. The highest BCUT2D eigenvalue weighted by Gasteiger charge is 2.23. The van der Waals surface area contributed by atoms with Gasteiger partial charge in [-0.15, -0.1) is 0 Å². The van der Waals surface area contributed by atoms with Crippen molar-refractivity contribution in [2.45, 2.75) is 18.4 Å². The number of nitrogen functional groups attached to an aromatic ring is 1. The Morgan fingerprint density at radius 1 is 1.30 bits per heavy atom. The summed E-state index contributed by atoms with van der Waals surface area (Å²) in [6.07, 6.45) is 1.15. The summed E-state index contributed by atoms with van der Waals surface area (Å²) in [5.74, 6) is 0.0725. The van der Waals surface area contributed by atoms with Crippen molar-refractivity contribution in [2.75, 3.05) is 23.9 Å². The Morgan fingerprint density at radius 2 is 1.90 bits per heavy atom. The molecule has 0 unspecified atom stereocenters. The highest BCUT2D eigenvalue weighted by Crippen LogP contribution is 2.34. The van der Waals surface area contributed by atoms with Gasteiger partial charge in [-0.3, -0.25) is 0 Å².